The van der Waals surface area contributed by atoms with Crippen LogP contribution in [0.15, 0.2) is 18.2 Å². The lowest BCUT2D eigenvalue weighted by Crippen LogP contribution is -2.10. The van der Waals surface area contributed by atoms with Gasteiger partial charge < -0.3 is 14.2 Å². The number of esters is 1. The average Bonchev–Trinajstić information content (AvgIpc) is 2.76. The number of ether oxygens (including phenoxy) is 3. The van der Waals surface area contributed by atoms with Gasteiger partial charge in [-0.25, -0.2) is 4.79 Å². The number of methoxy groups -OCH3 is 1. The summed E-state index contributed by atoms with van der Waals surface area (Å²) < 4.78 is 16.8. The van der Waals surface area contributed by atoms with Gasteiger partial charge in [-0.05, 0) is 59.7 Å². The smallest absolute Gasteiger partial charge is 0.338 e. The Morgan fingerprint density at radius 3 is 1.81 bits per heavy atom. The van der Waals surface area contributed by atoms with Crippen molar-refractivity contribution < 1.29 is 19.0 Å². The number of aryl methyl sites for hydroxylation is 6. The first-order valence-corrected chi connectivity index (χ1v) is 10.3. The van der Waals surface area contributed by atoms with Gasteiger partial charge in [0.25, 0.3) is 0 Å². The van der Waals surface area contributed by atoms with E-state index in [0.29, 0.717) is 22.8 Å². The van der Waals surface area contributed by atoms with Crippen LogP contribution in [0.4, 0.5) is 0 Å². The molecular weight excluding hydrogens is 408 g/mol. The zero-order valence-electron chi connectivity index (χ0n) is 19.6. The molecule has 0 atom stereocenters. The van der Waals surface area contributed by atoms with Crippen LogP contribution in [0.25, 0.3) is 0 Å². The Morgan fingerprint density at radius 1 is 0.719 bits per heavy atom. The summed E-state index contributed by atoms with van der Waals surface area (Å²) in [5.74, 6) is 0.445. The molecule has 0 fully saturated rings. The zero-order chi connectivity index (χ0) is 23.4. The SMILES string of the molecule is COc1cc(C(=O)OCc2nc(C)c(C)nc2C)ccc1OCc1nc(C)c(C)nc1C. The van der Waals surface area contributed by atoms with E-state index in [0.717, 1.165) is 39.9 Å². The van der Waals surface area contributed by atoms with Gasteiger partial charge in [-0.1, -0.05) is 0 Å². The number of hydrogen-bond donors (Lipinski definition) is 0. The number of rotatable bonds is 7. The summed E-state index contributed by atoms with van der Waals surface area (Å²) in [6.45, 7) is 11.6. The highest BCUT2D eigenvalue weighted by Gasteiger charge is 2.15. The molecule has 0 N–H and O–H groups in total. The van der Waals surface area contributed by atoms with Gasteiger partial charge in [-0.15, -0.1) is 0 Å². The van der Waals surface area contributed by atoms with Crippen LogP contribution in [0.3, 0.4) is 0 Å². The van der Waals surface area contributed by atoms with E-state index >= 15 is 0 Å². The van der Waals surface area contributed by atoms with E-state index in [1.165, 1.54) is 7.11 Å². The molecule has 0 radical (unpaired) electrons. The molecule has 0 aliphatic heterocycles. The van der Waals surface area contributed by atoms with Crippen molar-refractivity contribution >= 4 is 5.97 Å². The minimum absolute atomic E-state index is 0.0457. The molecule has 32 heavy (non-hydrogen) atoms. The van der Waals surface area contributed by atoms with Crippen LogP contribution >= 0.6 is 0 Å². The topological polar surface area (TPSA) is 96.3 Å². The number of nitrogens with zero attached hydrogens (tertiary/aromatic N) is 4. The first kappa shape index (κ1) is 23.1. The van der Waals surface area contributed by atoms with Gasteiger partial charge >= 0.3 is 5.97 Å². The molecule has 0 unspecified atom stereocenters. The van der Waals surface area contributed by atoms with E-state index in [1.807, 2.05) is 41.5 Å². The molecule has 3 rings (SSSR count). The van der Waals surface area contributed by atoms with Crippen LogP contribution in [-0.4, -0.2) is 33.0 Å². The number of hydrogen-bond acceptors (Lipinski definition) is 8. The average molecular weight is 437 g/mol. The second kappa shape index (κ2) is 9.72. The summed E-state index contributed by atoms with van der Waals surface area (Å²) in [6.07, 6.45) is 0. The summed E-state index contributed by atoms with van der Waals surface area (Å²) in [4.78, 5) is 30.5. The lowest BCUT2D eigenvalue weighted by molar-refractivity contribution is 0.0466. The summed E-state index contributed by atoms with van der Waals surface area (Å²) in [7, 11) is 1.52. The Hall–Kier alpha value is -3.55. The predicted molar refractivity (Wildman–Crippen MR) is 119 cm³/mol. The molecule has 2 aromatic heterocycles. The fraction of sp³-hybridized carbons (Fsp3) is 0.375. The zero-order valence-corrected chi connectivity index (χ0v) is 19.6. The predicted octanol–water partition coefficient (Wildman–Crippen LogP) is 4.06. The highest BCUT2D eigenvalue weighted by atomic mass is 16.5. The molecule has 8 nitrogen and oxygen atoms in total. The molecule has 0 saturated carbocycles. The fourth-order valence-corrected chi connectivity index (χ4v) is 3.07. The van der Waals surface area contributed by atoms with E-state index in [1.54, 1.807) is 18.2 Å². The van der Waals surface area contributed by atoms with Crippen molar-refractivity contribution in [1.29, 1.82) is 0 Å². The minimum Gasteiger partial charge on any atom is -0.493 e. The highest BCUT2D eigenvalue weighted by molar-refractivity contribution is 5.90. The standard InChI is InChI=1S/C24H28N4O4/c1-13-15(3)27-20(17(5)25-13)11-31-22-9-8-19(10-23(22)30-7)24(29)32-12-21-18(6)26-14(2)16(4)28-21/h8-10H,11-12H2,1-7H3. The maximum absolute atomic E-state index is 12.6. The number of carbonyl (C=O) groups is 1. The van der Waals surface area contributed by atoms with E-state index in [9.17, 15) is 4.79 Å². The van der Waals surface area contributed by atoms with Crippen molar-refractivity contribution in [2.75, 3.05) is 7.11 Å². The third-order valence-electron chi connectivity index (χ3n) is 5.26. The summed E-state index contributed by atoms with van der Waals surface area (Å²) in [5, 5.41) is 0. The van der Waals surface area contributed by atoms with Crippen molar-refractivity contribution in [1.82, 2.24) is 19.9 Å². The molecule has 0 bridgehead atoms. The van der Waals surface area contributed by atoms with E-state index in [2.05, 4.69) is 19.9 Å². The number of aromatic nitrogens is 4. The van der Waals surface area contributed by atoms with E-state index in [-0.39, 0.29) is 13.2 Å². The largest absolute Gasteiger partial charge is 0.493 e. The number of benzene rings is 1. The van der Waals surface area contributed by atoms with Gasteiger partial charge in [0.1, 0.15) is 13.2 Å². The van der Waals surface area contributed by atoms with Crippen molar-refractivity contribution in [3.8, 4) is 11.5 Å². The van der Waals surface area contributed by atoms with Crippen molar-refractivity contribution in [3.05, 3.63) is 69.3 Å². The Bertz CT molecular complexity index is 1160. The van der Waals surface area contributed by atoms with Crippen LogP contribution in [-0.2, 0) is 18.0 Å². The quantitative estimate of drug-likeness (QED) is 0.512. The Balaban J connectivity index is 1.70. The molecule has 0 saturated heterocycles. The van der Waals surface area contributed by atoms with Crippen LogP contribution in [0.2, 0.25) is 0 Å². The molecule has 0 spiro atoms. The molecule has 2 heterocycles. The Morgan fingerprint density at radius 2 is 1.25 bits per heavy atom. The molecule has 168 valence electrons. The third-order valence-corrected chi connectivity index (χ3v) is 5.26. The molecule has 0 aliphatic carbocycles. The van der Waals surface area contributed by atoms with E-state index < -0.39 is 5.97 Å². The minimum atomic E-state index is -0.481. The van der Waals surface area contributed by atoms with Crippen LogP contribution in [0, 0.1) is 41.5 Å². The third kappa shape index (κ3) is 5.19. The highest BCUT2D eigenvalue weighted by Crippen LogP contribution is 2.29. The van der Waals surface area contributed by atoms with Crippen LogP contribution in [0.1, 0.15) is 55.9 Å². The Labute approximate surface area is 188 Å². The first-order chi connectivity index (χ1) is 15.2. The maximum Gasteiger partial charge on any atom is 0.338 e. The summed E-state index contributed by atoms with van der Waals surface area (Å²) >= 11 is 0. The monoisotopic (exact) mass is 436 g/mol. The molecule has 8 heteroatoms. The lowest BCUT2D eigenvalue weighted by Gasteiger charge is -2.13. The van der Waals surface area contributed by atoms with Gasteiger partial charge in [0.05, 0.1) is 58.2 Å². The summed E-state index contributed by atoms with van der Waals surface area (Å²) in [6, 6.07) is 4.91. The number of carbonyl (C=O) groups excluding carboxylic acids is 1. The fourth-order valence-electron chi connectivity index (χ4n) is 3.07. The molecule has 0 amide bonds. The lowest BCUT2D eigenvalue weighted by atomic mass is 10.2. The van der Waals surface area contributed by atoms with Gasteiger partial charge in [0, 0.05) is 0 Å². The van der Waals surface area contributed by atoms with E-state index in [4.69, 9.17) is 14.2 Å². The van der Waals surface area contributed by atoms with Crippen molar-refractivity contribution in [2.24, 2.45) is 0 Å². The van der Waals surface area contributed by atoms with Crippen molar-refractivity contribution in [3.63, 3.8) is 0 Å². The van der Waals surface area contributed by atoms with Crippen LogP contribution < -0.4 is 9.47 Å². The Kier molecular flexibility index (Phi) is 7.02. The van der Waals surface area contributed by atoms with Crippen LogP contribution in [0.5, 0.6) is 11.5 Å². The van der Waals surface area contributed by atoms with Crippen molar-refractivity contribution in [2.45, 2.75) is 54.8 Å². The van der Waals surface area contributed by atoms with Gasteiger partial charge in [0.2, 0.25) is 0 Å². The molecule has 1 aromatic carbocycles. The van der Waals surface area contributed by atoms with Gasteiger partial charge in [-0.3, -0.25) is 19.9 Å². The second-order valence-corrected chi connectivity index (χ2v) is 7.58. The molecule has 0 aliphatic rings. The maximum atomic E-state index is 12.6. The van der Waals surface area contributed by atoms with Gasteiger partial charge in [-0.2, -0.15) is 0 Å². The van der Waals surface area contributed by atoms with Gasteiger partial charge in [0.15, 0.2) is 11.5 Å². The summed E-state index contributed by atoms with van der Waals surface area (Å²) in [5.41, 5.74) is 6.74. The molecule has 3 aromatic rings. The molecular formula is C24H28N4O4. The second-order valence-electron chi connectivity index (χ2n) is 7.58. The first-order valence-electron chi connectivity index (χ1n) is 10.3. The normalized spacial score (nSPS) is 10.7.